The summed E-state index contributed by atoms with van der Waals surface area (Å²) in [4.78, 5) is 15.5. The predicted molar refractivity (Wildman–Crippen MR) is 140 cm³/mol. The van der Waals surface area contributed by atoms with Crippen LogP contribution in [0.4, 0.5) is 5.69 Å². The molecule has 1 N–H and O–H groups in total. The number of aliphatic hydroxyl groups is 1. The van der Waals surface area contributed by atoms with Crippen molar-refractivity contribution in [1.29, 1.82) is 0 Å². The fourth-order valence-electron chi connectivity index (χ4n) is 4.63. The number of rotatable bonds is 10. The Morgan fingerprint density at radius 3 is 2.41 bits per heavy atom. The molecule has 0 saturated carbocycles. The Hall–Kier alpha value is -3.22. The molecule has 1 amide bonds. The second-order valence-corrected chi connectivity index (χ2v) is 8.90. The van der Waals surface area contributed by atoms with Crippen LogP contribution in [0.3, 0.4) is 0 Å². The van der Waals surface area contributed by atoms with Gasteiger partial charge in [-0.05, 0) is 57.1 Å². The average Bonchev–Trinajstić information content (AvgIpc) is 3.32. The van der Waals surface area contributed by atoms with Gasteiger partial charge in [0.25, 0.3) is 5.91 Å². The van der Waals surface area contributed by atoms with Gasteiger partial charge in [-0.2, -0.15) is 10.1 Å². The van der Waals surface area contributed by atoms with E-state index in [0.717, 1.165) is 48.1 Å². The standard InChI is InChI=1S/C28H34N4O2/c1-4-15-30(16-5-2)19-24(33)20-31-18-22(25-13-9-10-14-27(25)31)17-26-21(3)29-32(28(26)34)23-11-7-6-8-12-23/h6-14,17-18,24,33H,4-5,15-16,19-20H2,1-3H3/b26-17+/t24-/m0/s1. The van der Waals surface area contributed by atoms with Crippen LogP contribution in [0, 0.1) is 0 Å². The maximum absolute atomic E-state index is 13.2. The van der Waals surface area contributed by atoms with Gasteiger partial charge < -0.3 is 14.6 Å². The third-order valence-electron chi connectivity index (χ3n) is 6.14. The zero-order chi connectivity index (χ0) is 24.1. The van der Waals surface area contributed by atoms with Crippen molar-refractivity contribution < 1.29 is 9.90 Å². The van der Waals surface area contributed by atoms with E-state index in [0.29, 0.717) is 24.4 Å². The van der Waals surface area contributed by atoms with E-state index >= 15 is 0 Å². The van der Waals surface area contributed by atoms with E-state index in [2.05, 4.69) is 40.5 Å². The molecular formula is C28H34N4O2. The van der Waals surface area contributed by atoms with Crippen molar-refractivity contribution in [3.05, 3.63) is 71.9 Å². The van der Waals surface area contributed by atoms with Gasteiger partial charge in [0.2, 0.25) is 0 Å². The average molecular weight is 459 g/mol. The van der Waals surface area contributed by atoms with Crippen molar-refractivity contribution in [1.82, 2.24) is 9.47 Å². The molecule has 2 heterocycles. The van der Waals surface area contributed by atoms with Gasteiger partial charge in [0.15, 0.2) is 0 Å². The number of hydrazone groups is 1. The second kappa shape index (κ2) is 10.8. The highest BCUT2D eigenvalue weighted by Crippen LogP contribution is 2.28. The summed E-state index contributed by atoms with van der Waals surface area (Å²) in [5.41, 5.74) is 4.04. The lowest BCUT2D eigenvalue weighted by molar-refractivity contribution is -0.114. The van der Waals surface area contributed by atoms with Crippen LogP contribution in [0.5, 0.6) is 0 Å². The first-order valence-corrected chi connectivity index (χ1v) is 12.2. The van der Waals surface area contributed by atoms with Crippen LogP contribution in [-0.2, 0) is 11.3 Å². The molecule has 178 valence electrons. The van der Waals surface area contributed by atoms with Crippen LogP contribution in [0.2, 0.25) is 0 Å². The number of hydrogen-bond acceptors (Lipinski definition) is 4. The van der Waals surface area contributed by atoms with Crippen molar-refractivity contribution in [2.75, 3.05) is 24.6 Å². The summed E-state index contributed by atoms with van der Waals surface area (Å²) < 4.78 is 2.10. The zero-order valence-electron chi connectivity index (χ0n) is 20.3. The smallest absolute Gasteiger partial charge is 0.280 e. The number of carbonyl (C=O) groups is 1. The Kier molecular flexibility index (Phi) is 7.60. The molecule has 6 nitrogen and oxygen atoms in total. The predicted octanol–water partition coefficient (Wildman–Crippen LogP) is 4.93. The van der Waals surface area contributed by atoms with E-state index in [-0.39, 0.29) is 5.91 Å². The summed E-state index contributed by atoms with van der Waals surface area (Å²) in [5, 5.41) is 17.9. The fourth-order valence-corrected chi connectivity index (χ4v) is 4.63. The first-order valence-electron chi connectivity index (χ1n) is 12.2. The van der Waals surface area contributed by atoms with Gasteiger partial charge in [-0.1, -0.05) is 50.2 Å². The maximum Gasteiger partial charge on any atom is 0.280 e. The molecule has 1 aliphatic heterocycles. The van der Waals surface area contributed by atoms with E-state index in [1.54, 1.807) is 0 Å². The number of aromatic nitrogens is 1. The minimum Gasteiger partial charge on any atom is -0.390 e. The van der Waals surface area contributed by atoms with Crippen LogP contribution in [0.25, 0.3) is 17.0 Å². The molecule has 3 aromatic rings. The quantitative estimate of drug-likeness (QED) is 0.438. The molecule has 1 atom stereocenters. The molecule has 1 aliphatic rings. The summed E-state index contributed by atoms with van der Waals surface area (Å²) in [5.74, 6) is -0.129. The third kappa shape index (κ3) is 5.13. The molecular weight excluding hydrogens is 424 g/mol. The summed E-state index contributed by atoms with van der Waals surface area (Å²) in [6.07, 6.45) is 5.64. The van der Waals surface area contributed by atoms with Crippen LogP contribution in [0.15, 0.2) is 71.5 Å². The number of carbonyl (C=O) groups excluding carboxylic acids is 1. The normalized spacial score (nSPS) is 16.1. The topological polar surface area (TPSA) is 61.1 Å². The number of fused-ring (bicyclic) bond motifs is 1. The van der Waals surface area contributed by atoms with Gasteiger partial charge in [0.05, 0.1) is 23.1 Å². The molecule has 0 aliphatic carbocycles. The first kappa shape index (κ1) is 23.9. The molecule has 0 unspecified atom stereocenters. The van der Waals surface area contributed by atoms with Gasteiger partial charge >= 0.3 is 0 Å². The molecule has 0 saturated heterocycles. The summed E-state index contributed by atoms with van der Waals surface area (Å²) in [6, 6.07) is 17.6. The molecule has 6 heteroatoms. The first-order chi connectivity index (χ1) is 16.5. The van der Waals surface area contributed by atoms with Crippen molar-refractivity contribution in [3.8, 4) is 0 Å². The Morgan fingerprint density at radius 2 is 1.71 bits per heavy atom. The SMILES string of the molecule is CCCN(CCC)C[C@H](O)Cn1cc(/C=C2/C(=O)N(c3ccccc3)N=C2C)c2ccccc21. The van der Waals surface area contributed by atoms with E-state index in [1.807, 2.05) is 61.7 Å². The molecule has 0 bridgehead atoms. The number of anilines is 1. The van der Waals surface area contributed by atoms with Gasteiger partial charge in [-0.3, -0.25) is 4.79 Å². The van der Waals surface area contributed by atoms with Crippen molar-refractivity contribution in [3.63, 3.8) is 0 Å². The number of benzene rings is 2. The molecule has 2 aromatic carbocycles. The summed E-state index contributed by atoms with van der Waals surface area (Å²) in [7, 11) is 0. The Labute approximate surface area is 201 Å². The summed E-state index contributed by atoms with van der Waals surface area (Å²) in [6.45, 7) is 9.35. The summed E-state index contributed by atoms with van der Waals surface area (Å²) >= 11 is 0. The Balaban J connectivity index is 1.60. The minimum atomic E-state index is -0.473. The van der Waals surface area contributed by atoms with Gasteiger partial charge in [0, 0.05) is 35.8 Å². The van der Waals surface area contributed by atoms with Gasteiger partial charge in [-0.15, -0.1) is 0 Å². The van der Waals surface area contributed by atoms with Crippen molar-refractivity contribution in [2.45, 2.75) is 46.3 Å². The van der Waals surface area contributed by atoms with Crippen LogP contribution >= 0.6 is 0 Å². The van der Waals surface area contributed by atoms with E-state index < -0.39 is 6.10 Å². The molecule has 0 radical (unpaired) electrons. The van der Waals surface area contributed by atoms with Crippen LogP contribution in [0.1, 0.15) is 39.2 Å². The molecule has 4 rings (SSSR count). The zero-order valence-corrected chi connectivity index (χ0v) is 20.3. The largest absolute Gasteiger partial charge is 0.390 e. The van der Waals surface area contributed by atoms with E-state index in [1.165, 1.54) is 5.01 Å². The number of aliphatic hydroxyl groups excluding tert-OH is 1. The fraction of sp³-hybridized carbons (Fsp3) is 0.357. The third-order valence-corrected chi connectivity index (χ3v) is 6.14. The molecule has 0 fully saturated rings. The highest BCUT2D eigenvalue weighted by Gasteiger charge is 2.29. The lowest BCUT2D eigenvalue weighted by Crippen LogP contribution is -2.35. The van der Waals surface area contributed by atoms with Crippen LogP contribution < -0.4 is 5.01 Å². The number of hydrogen-bond donors (Lipinski definition) is 1. The highest BCUT2D eigenvalue weighted by atomic mass is 16.3. The molecule has 34 heavy (non-hydrogen) atoms. The van der Waals surface area contributed by atoms with Gasteiger partial charge in [-0.25, -0.2) is 0 Å². The second-order valence-electron chi connectivity index (χ2n) is 8.90. The lowest BCUT2D eigenvalue weighted by Gasteiger charge is -2.24. The number of para-hydroxylation sites is 2. The van der Waals surface area contributed by atoms with Crippen LogP contribution in [-0.4, -0.2) is 51.9 Å². The van der Waals surface area contributed by atoms with Gasteiger partial charge in [0.1, 0.15) is 0 Å². The Bertz CT molecular complexity index is 1190. The number of nitrogens with zero attached hydrogens (tertiary/aromatic N) is 4. The van der Waals surface area contributed by atoms with Crippen molar-refractivity contribution in [2.24, 2.45) is 5.10 Å². The lowest BCUT2D eigenvalue weighted by atomic mass is 10.1. The Morgan fingerprint density at radius 1 is 1.03 bits per heavy atom. The van der Waals surface area contributed by atoms with Crippen molar-refractivity contribution >= 4 is 34.3 Å². The maximum atomic E-state index is 13.2. The monoisotopic (exact) mass is 458 g/mol. The van der Waals surface area contributed by atoms with E-state index in [9.17, 15) is 9.90 Å². The van der Waals surface area contributed by atoms with E-state index in [4.69, 9.17) is 0 Å². The number of amides is 1. The molecule has 0 spiro atoms. The minimum absolute atomic E-state index is 0.129. The highest BCUT2D eigenvalue weighted by molar-refractivity contribution is 6.32. The molecule has 1 aromatic heterocycles.